The highest BCUT2D eigenvalue weighted by atomic mass is 32.2. The van der Waals surface area contributed by atoms with Crippen LogP contribution in [0.3, 0.4) is 0 Å². The van der Waals surface area contributed by atoms with Crippen molar-refractivity contribution >= 4 is 28.0 Å². The number of hydrogen-bond donors (Lipinski definition) is 2. The fourth-order valence-electron chi connectivity index (χ4n) is 2.57. The molecule has 0 spiro atoms. The van der Waals surface area contributed by atoms with Crippen molar-refractivity contribution in [1.82, 2.24) is 0 Å². The van der Waals surface area contributed by atoms with E-state index in [1.54, 1.807) is 0 Å². The Morgan fingerprint density at radius 3 is 2.23 bits per heavy atom. The van der Waals surface area contributed by atoms with Crippen molar-refractivity contribution in [2.45, 2.75) is 23.2 Å². The van der Waals surface area contributed by atoms with Crippen LogP contribution in [-0.2, 0) is 20.2 Å². The van der Waals surface area contributed by atoms with Crippen molar-refractivity contribution in [3.05, 3.63) is 59.2 Å². The number of rotatable bonds is 6. The monoisotopic (exact) mass is 381 g/mol. The molecule has 0 saturated heterocycles. The fourth-order valence-corrected chi connectivity index (χ4v) is 3.63. The van der Waals surface area contributed by atoms with Crippen LogP contribution in [0.15, 0.2) is 41.3 Å². The molecule has 26 heavy (non-hydrogen) atoms. The first kappa shape index (κ1) is 18.0. The van der Waals surface area contributed by atoms with E-state index in [9.17, 15) is 26.8 Å². The Morgan fingerprint density at radius 1 is 1.12 bits per heavy atom. The summed E-state index contributed by atoms with van der Waals surface area (Å²) < 4.78 is 54.2. The van der Waals surface area contributed by atoms with Crippen molar-refractivity contribution in [2.24, 2.45) is 0 Å². The van der Waals surface area contributed by atoms with E-state index in [0.29, 0.717) is 30.5 Å². The summed E-state index contributed by atoms with van der Waals surface area (Å²) in [5, 5.41) is 8.74. The highest BCUT2D eigenvalue weighted by molar-refractivity contribution is 7.92. The van der Waals surface area contributed by atoms with Gasteiger partial charge in [0.15, 0.2) is 0 Å². The van der Waals surface area contributed by atoms with Crippen molar-refractivity contribution in [2.75, 3.05) is 4.72 Å². The number of hydrogen-bond acceptors (Lipinski definition) is 4. The van der Waals surface area contributed by atoms with Gasteiger partial charge in [-0.25, -0.2) is 22.0 Å². The number of carboxylic acids is 1. The lowest BCUT2D eigenvalue weighted by atomic mass is 9.98. The first-order valence-electron chi connectivity index (χ1n) is 7.50. The average Bonchev–Trinajstić information content (AvgIpc) is 3.39. The van der Waals surface area contributed by atoms with Crippen LogP contribution in [0.5, 0.6) is 0 Å². The molecule has 0 atom stereocenters. The molecule has 3 rings (SSSR count). The molecule has 0 amide bonds. The van der Waals surface area contributed by atoms with Crippen molar-refractivity contribution in [3.63, 3.8) is 0 Å². The number of aromatic carboxylic acids is 1. The number of anilines is 1. The standard InChI is InChI=1S/C17H13F2NO5S/c18-13-8-15(14(19)7-12(13)16(22)23)20-26(24,25)11-3-1-10(2-4-11)17(9-21)5-6-17/h1-4,7-9,20H,5-6H2,(H,22,23). The molecule has 1 saturated carbocycles. The van der Waals surface area contributed by atoms with E-state index in [2.05, 4.69) is 0 Å². The van der Waals surface area contributed by atoms with Gasteiger partial charge in [0.05, 0.1) is 21.6 Å². The molecule has 1 fully saturated rings. The third-order valence-electron chi connectivity index (χ3n) is 4.29. The van der Waals surface area contributed by atoms with Crippen LogP contribution in [0.4, 0.5) is 14.5 Å². The molecule has 0 unspecified atom stereocenters. The Balaban J connectivity index is 1.89. The Kier molecular flexibility index (Phi) is 4.27. The zero-order chi connectivity index (χ0) is 19.1. The van der Waals surface area contributed by atoms with E-state index >= 15 is 0 Å². The Bertz CT molecular complexity index is 999. The molecule has 6 nitrogen and oxygen atoms in total. The SMILES string of the molecule is O=CC1(c2ccc(S(=O)(=O)Nc3cc(F)c(C(=O)O)cc3F)cc2)CC1. The topological polar surface area (TPSA) is 101 Å². The number of carbonyl (C=O) groups excluding carboxylic acids is 1. The van der Waals surface area contributed by atoms with Gasteiger partial charge in [0.25, 0.3) is 10.0 Å². The number of carbonyl (C=O) groups is 2. The normalized spacial score (nSPS) is 15.3. The molecule has 0 aliphatic heterocycles. The molecule has 9 heteroatoms. The number of nitrogens with one attached hydrogen (secondary N) is 1. The van der Waals surface area contributed by atoms with Gasteiger partial charge in [0, 0.05) is 6.07 Å². The lowest BCUT2D eigenvalue weighted by Crippen LogP contribution is -2.15. The molecule has 2 aromatic carbocycles. The van der Waals surface area contributed by atoms with Crippen LogP contribution >= 0.6 is 0 Å². The van der Waals surface area contributed by atoms with E-state index in [1.165, 1.54) is 24.3 Å². The molecular weight excluding hydrogens is 368 g/mol. The second-order valence-electron chi connectivity index (χ2n) is 6.02. The highest BCUT2D eigenvalue weighted by Crippen LogP contribution is 2.46. The zero-order valence-corrected chi connectivity index (χ0v) is 14.0. The minimum Gasteiger partial charge on any atom is -0.478 e. The minimum atomic E-state index is -4.23. The molecule has 0 heterocycles. The number of benzene rings is 2. The summed E-state index contributed by atoms with van der Waals surface area (Å²) in [4.78, 5) is 21.7. The number of sulfonamides is 1. The summed E-state index contributed by atoms with van der Waals surface area (Å²) in [5.41, 5.74) is -1.48. The van der Waals surface area contributed by atoms with Crippen LogP contribution in [0, 0.1) is 11.6 Å². The highest BCUT2D eigenvalue weighted by Gasteiger charge is 2.44. The van der Waals surface area contributed by atoms with Crippen LogP contribution < -0.4 is 4.72 Å². The van der Waals surface area contributed by atoms with Gasteiger partial charge in [-0.3, -0.25) is 4.72 Å². The molecule has 136 valence electrons. The maximum Gasteiger partial charge on any atom is 0.338 e. The fraction of sp³-hybridized carbons (Fsp3) is 0.176. The minimum absolute atomic E-state index is 0.204. The largest absolute Gasteiger partial charge is 0.478 e. The molecular formula is C17H13F2NO5S. The van der Waals surface area contributed by atoms with E-state index in [1.807, 2.05) is 4.72 Å². The Labute approximate surface area is 147 Å². The molecule has 2 N–H and O–H groups in total. The summed E-state index contributed by atoms with van der Waals surface area (Å²) >= 11 is 0. The van der Waals surface area contributed by atoms with Crippen molar-refractivity contribution < 1.29 is 31.9 Å². The second-order valence-corrected chi connectivity index (χ2v) is 7.70. The molecule has 0 bridgehead atoms. The predicted octanol–water partition coefficient (Wildman–Crippen LogP) is 2.69. The molecule has 2 aromatic rings. The molecule has 0 aromatic heterocycles. The summed E-state index contributed by atoms with van der Waals surface area (Å²) in [6, 6.07) is 6.40. The van der Waals surface area contributed by atoms with Crippen LogP contribution in [-0.4, -0.2) is 25.8 Å². The van der Waals surface area contributed by atoms with E-state index < -0.39 is 44.3 Å². The van der Waals surface area contributed by atoms with Gasteiger partial charge in [0.1, 0.15) is 17.9 Å². The Morgan fingerprint density at radius 2 is 1.73 bits per heavy atom. The summed E-state index contributed by atoms with van der Waals surface area (Å²) in [5.74, 6) is -4.16. The third kappa shape index (κ3) is 3.17. The van der Waals surface area contributed by atoms with Gasteiger partial charge in [0.2, 0.25) is 0 Å². The van der Waals surface area contributed by atoms with Gasteiger partial charge in [-0.15, -0.1) is 0 Å². The van der Waals surface area contributed by atoms with Gasteiger partial charge >= 0.3 is 5.97 Å². The van der Waals surface area contributed by atoms with Gasteiger partial charge in [-0.2, -0.15) is 0 Å². The number of carboxylic acid groups (broad SMARTS) is 1. The van der Waals surface area contributed by atoms with E-state index in [-0.39, 0.29) is 4.90 Å². The maximum absolute atomic E-state index is 13.9. The molecule has 1 aliphatic rings. The van der Waals surface area contributed by atoms with Crippen LogP contribution in [0.1, 0.15) is 28.8 Å². The maximum atomic E-state index is 13.9. The van der Waals surface area contributed by atoms with Crippen molar-refractivity contribution in [1.29, 1.82) is 0 Å². The quantitative estimate of drug-likeness (QED) is 0.750. The first-order valence-corrected chi connectivity index (χ1v) is 8.99. The van der Waals surface area contributed by atoms with Gasteiger partial charge < -0.3 is 9.90 Å². The summed E-state index contributed by atoms with van der Waals surface area (Å²) in [6.45, 7) is 0. The number of aldehydes is 1. The molecule has 1 aliphatic carbocycles. The van der Waals surface area contributed by atoms with Gasteiger partial charge in [-0.1, -0.05) is 12.1 Å². The first-order chi connectivity index (χ1) is 12.2. The summed E-state index contributed by atoms with van der Waals surface area (Å²) in [7, 11) is -4.23. The average molecular weight is 381 g/mol. The van der Waals surface area contributed by atoms with Crippen LogP contribution in [0.2, 0.25) is 0 Å². The Hall–Kier alpha value is -2.81. The van der Waals surface area contributed by atoms with Crippen molar-refractivity contribution in [3.8, 4) is 0 Å². The third-order valence-corrected chi connectivity index (χ3v) is 5.67. The van der Waals surface area contributed by atoms with Crippen LogP contribution in [0.25, 0.3) is 0 Å². The lowest BCUT2D eigenvalue weighted by molar-refractivity contribution is -0.109. The van der Waals surface area contributed by atoms with E-state index in [4.69, 9.17) is 5.11 Å². The predicted molar refractivity (Wildman–Crippen MR) is 87.5 cm³/mol. The number of halogens is 2. The summed E-state index contributed by atoms with van der Waals surface area (Å²) in [6.07, 6.45) is 2.22. The zero-order valence-electron chi connectivity index (χ0n) is 13.2. The van der Waals surface area contributed by atoms with E-state index in [0.717, 1.165) is 6.29 Å². The second kappa shape index (κ2) is 6.17. The lowest BCUT2D eigenvalue weighted by Gasteiger charge is -2.12. The van der Waals surface area contributed by atoms with Gasteiger partial charge in [-0.05, 0) is 36.6 Å². The smallest absolute Gasteiger partial charge is 0.338 e. The molecule has 0 radical (unpaired) electrons.